The van der Waals surface area contributed by atoms with Crippen molar-refractivity contribution >= 4 is 21.6 Å². The molecule has 0 bridgehead atoms. The minimum Gasteiger partial charge on any atom is -0.334 e. The molecule has 0 aliphatic carbocycles. The molecule has 2 N–H and O–H groups in total. The van der Waals surface area contributed by atoms with Gasteiger partial charge in [-0.25, -0.2) is 17.6 Å². The first kappa shape index (κ1) is 18.5. The Kier molecular flexibility index (Phi) is 5.46. The molecule has 1 aromatic heterocycles. The van der Waals surface area contributed by atoms with Gasteiger partial charge in [0.25, 0.3) is 0 Å². The van der Waals surface area contributed by atoms with E-state index in [-0.39, 0.29) is 9.79 Å². The number of benzene rings is 2. The summed E-state index contributed by atoms with van der Waals surface area (Å²) in [4.78, 5) is 15.7. The lowest BCUT2D eigenvalue weighted by Crippen LogP contribution is -2.28. The van der Waals surface area contributed by atoms with E-state index in [2.05, 4.69) is 15.6 Å². The molecule has 27 heavy (non-hydrogen) atoms. The van der Waals surface area contributed by atoms with Gasteiger partial charge in [0.1, 0.15) is 5.82 Å². The number of nitrogens with zero attached hydrogens (tertiary/aromatic N) is 1. The fourth-order valence-corrected chi connectivity index (χ4v) is 3.64. The van der Waals surface area contributed by atoms with Crippen LogP contribution in [0.5, 0.6) is 0 Å². The highest BCUT2D eigenvalue weighted by Gasteiger charge is 2.18. The molecule has 0 radical (unpaired) electrons. The minimum absolute atomic E-state index is 0.0100. The van der Waals surface area contributed by atoms with E-state index >= 15 is 0 Å². The van der Waals surface area contributed by atoms with E-state index in [4.69, 9.17) is 0 Å². The van der Waals surface area contributed by atoms with Crippen LogP contribution in [0.2, 0.25) is 0 Å². The first-order valence-corrected chi connectivity index (χ1v) is 9.48. The first-order valence-electron chi connectivity index (χ1n) is 7.99. The van der Waals surface area contributed by atoms with Gasteiger partial charge in [-0.2, -0.15) is 0 Å². The standard InChI is InChI=1S/C19H16FN3O3S/c20-15-2-1-3-18(12-15)27(25,26)17-6-4-16(5-7-17)23-19(24)22-13-14-8-10-21-11-9-14/h1-12H,13H2,(H2,22,23,24). The van der Waals surface area contributed by atoms with Gasteiger partial charge >= 0.3 is 6.03 Å². The van der Waals surface area contributed by atoms with Gasteiger partial charge in [0.15, 0.2) is 0 Å². The van der Waals surface area contributed by atoms with Crippen molar-refractivity contribution in [2.75, 3.05) is 5.32 Å². The minimum atomic E-state index is -3.83. The van der Waals surface area contributed by atoms with Crippen molar-refractivity contribution in [1.29, 1.82) is 0 Å². The summed E-state index contributed by atoms with van der Waals surface area (Å²) in [5.74, 6) is -0.625. The van der Waals surface area contributed by atoms with Crippen LogP contribution >= 0.6 is 0 Å². The van der Waals surface area contributed by atoms with Crippen molar-refractivity contribution in [1.82, 2.24) is 10.3 Å². The van der Waals surface area contributed by atoms with E-state index in [9.17, 15) is 17.6 Å². The highest BCUT2D eigenvalue weighted by atomic mass is 32.2. The molecular weight excluding hydrogens is 369 g/mol. The molecule has 3 aromatic rings. The molecule has 0 aliphatic rings. The number of rotatable bonds is 5. The number of hydrogen-bond donors (Lipinski definition) is 2. The number of halogens is 1. The van der Waals surface area contributed by atoms with Crippen molar-refractivity contribution in [3.05, 3.63) is 84.4 Å². The number of carbonyl (C=O) groups excluding carboxylic acids is 1. The highest BCUT2D eigenvalue weighted by molar-refractivity contribution is 7.91. The molecule has 0 unspecified atom stereocenters. The molecule has 138 valence electrons. The summed E-state index contributed by atoms with van der Waals surface area (Å²) < 4.78 is 38.3. The Labute approximate surface area is 156 Å². The van der Waals surface area contributed by atoms with Crippen LogP contribution in [-0.2, 0) is 16.4 Å². The van der Waals surface area contributed by atoms with Crippen molar-refractivity contribution in [2.24, 2.45) is 0 Å². The monoisotopic (exact) mass is 385 g/mol. The van der Waals surface area contributed by atoms with Gasteiger partial charge in [-0.15, -0.1) is 0 Å². The summed E-state index contributed by atoms with van der Waals surface area (Å²) in [6, 6.07) is 13.6. The number of nitrogens with one attached hydrogen (secondary N) is 2. The Morgan fingerprint density at radius 3 is 2.33 bits per heavy atom. The number of anilines is 1. The van der Waals surface area contributed by atoms with Crippen LogP contribution in [0, 0.1) is 5.82 Å². The van der Waals surface area contributed by atoms with Gasteiger partial charge in [0, 0.05) is 24.6 Å². The van der Waals surface area contributed by atoms with Crippen molar-refractivity contribution < 1.29 is 17.6 Å². The maximum absolute atomic E-state index is 13.3. The predicted molar refractivity (Wildman–Crippen MR) is 98.4 cm³/mol. The van der Waals surface area contributed by atoms with E-state index in [1.807, 2.05) is 0 Å². The van der Waals surface area contributed by atoms with Gasteiger partial charge in [-0.3, -0.25) is 4.98 Å². The Hall–Kier alpha value is -3.26. The van der Waals surface area contributed by atoms with Crippen LogP contribution in [0.3, 0.4) is 0 Å². The van der Waals surface area contributed by atoms with Crippen LogP contribution in [0.25, 0.3) is 0 Å². The Bertz CT molecular complexity index is 1040. The molecule has 8 heteroatoms. The maximum atomic E-state index is 13.3. The van der Waals surface area contributed by atoms with Gasteiger partial charge in [-0.1, -0.05) is 6.07 Å². The maximum Gasteiger partial charge on any atom is 0.319 e. The zero-order valence-corrected chi connectivity index (χ0v) is 14.9. The van der Waals surface area contributed by atoms with E-state index < -0.39 is 21.7 Å². The molecule has 3 rings (SSSR count). The zero-order chi connectivity index (χ0) is 19.3. The van der Waals surface area contributed by atoms with Crippen molar-refractivity contribution in [3.63, 3.8) is 0 Å². The molecule has 0 aliphatic heterocycles. The van der Waals surface area contributed by atoms with Crippen LogP contribution in [-0.4, -0.2) is 19.4 Å². The van der Waals surface area contributed by atoms with Crippen molar-refractivity contribution in [2.45, 2.75) is 16.3 Å². The average Bonchev–Trinajstić information content (AvgIpc) is 2.68. The normalized spacial score (nSPS) is 11.0. The molecular formula is C19H16FN3O3S. The summed E-state index contributed by atoms with van der Waals surface area (Å²) in [6.45, 7) is 0.334. The third kappa shape index (κ3) is 4.68. The van der Waals surface area contributed by atoms with Crippen LogP contribution in [0.1, 0.15) is 5.56 Å². The SMILES string of the molecule is O=C(NCc1ccncc1)Nc1ccc(S(=O)(=O)c2cccc(F)c2)cc1. The number of aromatic nitrogens is 1. The Morgan fingerprint density at radius 1 is 0.963 bits per heavy atom. The number of carbonyl (C=O) groups is 1. The molecule has 0 fully saturated rings. The van der Waals surface area contributed by atoms with E-state index in [1.165, 1.54) is 42.5 Å². The molecule has 0 spiro atoms. The summed E-state index contributed by atoms with van der Waals surface area (Å²) in [5.41, 5.74) is 1.33. The second-order valence-corrected chi connectivity index (χ2v) is 7.60. The molecule has 0 saturated heterocycles. The van der Waals surface area contributed by atoms with E-state index in [0.29, 0.717) is 12.2 Å². The lowest BCUT2D eigenvalue weighted by molar-refractivity contribution is 0.251. The molecule has 2 aromatic carbocycles. The molecule has 1 heterocycles. The smallest absolute Gasteiger partial charge is 0.319 e. The van der Waals surface area contributed by atoms with Gasteiger partial charge < -0.3 is 10.6 Å². The average molecular weight is 385 g/mol. The Balaban J connectivity index is 1.65. The first-order chi connectivity index (χ1) is 12.9. The lowest BCUT2D eigenvalue weighted by atomic mass is 10.3. The fourth-order valence-electron chi connectivity index (χ4n) is 2.35. The van der Waals surface area contributed by atoms with E-state index in [1.54, 1.807) is 24.5 Å². The molecule has 2 amide bonds. The third-order valence-corrected chi connectivity index (χ3v) is 5.50. The van der Waals surface area contributed by atoms with Gasteiger partial charge in [0.05, 0.1) is 9.79 Å². The topological polar surface area (TPSA) is 88.2 Å². The Morgan fingerprint density at radius 2 is 1.67 bits per heavy atom. The number of hydrogen-bond acceptors (Lipinski definition) is 4. The number of urea groups is 1. The summed E-state index contributed by atoms with van der Waals surface area (Å²) in [6.07, 6.45) is 3.26. The van der Waals surface area contributed by atoms with Crippen LogP contribution in [0.15, 0.2) is 82.8 Å². The van der Waals surface area contributed by atoms with Crippen LogP contribution in [0.4, 0.5) is 14.9 Å². The number of sulfone groups is 1. The summed E-state index contributed by atoms with van der Waals surface area (Å²) in [7, 11) is -3.83. The lowest BCUT2D eigenvalue weighted by Gasteiger charge is -2.09. The number of pyridine rings is 1. The second kappa shape index (κ2) is 7.96. The zero-order valence-electron chi connectivity index (χ0n) is 14.1. The summed E-state index contributed by atoms with van der Waals surface area (Å²) >= 11 is 0. The van der Waals surface area contributed by atoms with Gasteiger partial charge in [-0.05, 0) is 60.2 Å². The summed E-state index contributed by atoms with van der Waals surface area (Å²) in [5, 5.41) is 5.31. The number of amides is 2. The fraction of sp³-hybridized carbons (Fsp3) is 0.0526. The third-order valence-electron chi connectivity index (χ3n) is 3.73. The van der Waals surface area contributed by atoms with Crippen molar-refractivity contribution in [3.8, 4) is 0 Å². The largest absolute Gasteiger partial charge is 0.334 e. The van der Waals surface area contributed by atoms with E-state index in [0.717, 1.165) is 11.6 Å². The molecule has 0 atom stereocenters. The van der Waals surface area contributed by atoms with Crippen LogP contribution < -0.4 is 10.6 Å². The molecule has 6 nitrogen and oxygen atoms in total. The predicted octanol–water partition coefficient (Wildman–Crippen LogP) is 3.38. The second-order valence-electron chi connectivity index (χ2n) is 5.65. The molecule has 0 saturated carbocycles. The van der Waals surface area contributed by atoms with Gasteiger partial charge in [0.2, 0.25) is 9.84 Å². The highest BCUT2D eigenvalue weighted by Crippen LogP contribution is 2.22. The quantitative estimate of drug-likeness (QED) is 0.705.